The molecular formula is C29H43N3O3S. The van der Waals surface area contributed by atoms with Crippen molar-refractivity contribution in [2.45, 2.75) is 109 Å². The highest BCUT2D eigenvalue weighted by Crippen LogP contribution is 2.19. The number of aromatic amines is 1. The smallest absolute Gasteiger partial charge is 0.345 e. The molecule has 36 heavy (non-hydrogen) atoms. The van der Waals surface area contributed by atoms with Crippen molar-refractivity contribution in [3.8, 4) is 5.88 Å². The molecule has 1 aromatic carbocycles. The van der Waals surface area contributed by atoms with Crippen molar-refractivity contribution in [1.82, 2.24) is 9.97 Å². The van der Waals surface area contributed by atoms with Crippen molar-refractivity contribution < 1.29 is 14.3 Å². The molecule has 2 rings (SSSR count). The Bertz CT molecular complexity index is 913. The molecule has 0 saturated carbocycles. The van der Waals surface area contributed by atoms with Crippen LogP contribution in [0.2, 0.25) is 0 Å². The summed E-state index contributed by atoms with van der Waals surface area (Å²) in [6.07, 6.45) is 22.8. The quantitative estimate of drug-likeness (QED) is 0.102. The molecule has 198 valence electrons. The van der Waals surface area contributed by atoms with Gasteiger partial charge in [-0.15, -0.1) is 0 Å². The summed E-state index contributed by atoms with van der Waals surface area (Å²) < 4.78 is 5.32. The number of hydrogen-bond donors (Lipinski definition) is 2. The third-order valence-electron chi connectivity index (χ3n) is 6.55. The van der Waals surface area contributed by atoms with Gasteiger partial charge in [0.15, 0.2) is 5.69 Å². The fraction of sp³-hybridized carbons (Fsp3) is 0.586. The van der Waals surface area contributed by atoms with Gasteiger partial charge in [0.05, 0.1) is 11.9 Å². The number of thiocarbonyl (C=S) groups is 1. The summed E-state index contributed by atoms with van der Waals surface area (Å²) in [7, 11) is 0. The van der Waals surface area contributed by atoms with E-state index in [4.69, 9.17) is 22.7 Å². The van der Waals surface area contributed by atoms with Crippen LogP contribution in [-0.4, -0.2) is 27.2 Å². The number of aromatic nitrogens is 2. The molecule has 0 spiro atoms. The summed E-state index contributed by atoms with van der Waals surface area (Å²) in [5.74, 6) is -1.33. The van der Waals surface area contributed by atoms with E-state index in [1.54, 1.807) is 6.07 Å². The minimum Gasteiger partial charge on any atom is -0.401 e. The van der Waals surface area contributed by atoms with Crippen LogP contribution in [0.3, 0.4) is 0 Å². The molecule has 0 atom stereocenters. The Morgan fingerprint density at radius 1 is 0.833 bits per heavy atom. The lowest BCUT2D eigenvalue weighted by atomic mass is 10.00. The summed E-state index contributed by atoms with van der Waals surface area (Å²) >= 11 is 4.86. The molecular weight excluding hydrogens is 470 g/mol. The number of imidazole rings is 1. The Kier molecular flexibility index (Phi) is 15.4. The predicted molar refractivity (Wildman–Crippen MR) is 150 cm³/mol. The van der Waals surface area contributed by atoms with Gasteiger partial charge in [-0.2, -0.15) is 0 Å². The van der Waals surface area contributed by atoms with E-state index in [0.717, 1.165) is 31.2 Å². The first-order chi connectivity index (χ1) is 17.6. The molecule has 1 aromatic heterocycles. The lowest BCUT2D eigenvalue weighted by Gasteiger charge is -2.09. The predicted octanol–water partition coefficient (Wildman–Crippen LogP) is 7.51. The van der Waals surface area contributed by atoms with Gasteiger partial charge in [0.1, 0.15) is 0 Å². The van der Waals surface area contributed by atoms with E-state index in [-0.39, 0.29) is 11.6 Å². The van der Waals surface area contributed by atoms with E-state index in [2.05, 4.69) is 9.97 Å². The first-order valence-corrected chi connectivity index (χ1v) is 14.2. The first-order valence-electron chi connectivity index (χ1n) is 13.7. The third kappa shape index (κ3) is 11.9. The number of carbonyl (C=O) groups excluding carboxylic acids is 2. The molecule has 0 radical (unpaired) electrons. The molecule has 3 N–H and O–H groups in total. The van der Waals surface area contributed by atoms with Crippen LogP contribution in [0, 0.1) is 0 Å². The molecule has 1 amide bonds. The van der Waals surface area contributed by atoms with Gasteiger partial charge in [-0.05, 0) is 42.7 Å². The van der Waals surface area contributed by atoms with E-state index in [1.165, 1.54) is 89.8 Å². The summed E-state index contributed by atoms with van der Waals surface area (Å²) in [6, 6.07) is 7.44. The number of nitrogens with zero attached hydrogens (tertiary/aromatic N) is 1. The summed E-state index contributed by atoms with van der Waals surface area (Å²) in [4.78, 5) is 30.5. The summed E-state index contributed by atoms with van der Waals surface area (Å²) in [5, 5.41) is 1.86. The molecule has 0 fully saturated rings. The van der Waals surface area contributed by atoms with Crippen LogP contribution in [0.25, 0.3) is 0 Å². The number of H-pyrrole nitrogens is 1. The number of nitrogens with one attached hydrogen (secondary N) is 1. The maximum Gasteiger partial charge on any atom is 0.345 e. The van der Waals surface area contributed by atoms with Gasteiger partial charge < -0.3 is 15.5 Å². The van der Waals surface area contributed by atoms with Crippen LogP contribution in [0.5, 0.6) is 5.88 Å². The highest BCUT2D eigenvalue weighted by molar-refractivity contribution is 7.78. The lowest BCUT2D eigenvalue weighted by molar-refractivity contribution is 0.0724. The number of aryl methyl sites for hydroxylation is 1. The maximum absolute atomic E-state index is 12.7. The number of hydrogen-bond acceptors (Lipinski definition) is 5. The number of ether oxygens (including phenoxy) is 1. The zero-order valence-electron chi connectivity index (χ0n) is 21.6. The fourth-order valence-corrected chi connectivity index (χ4v) is 4.62. The molecule has 6 nitrogen and oxygen atoms in total. The number of primary amides is 1. The number of nitrogens with two attached hydrogens (primary N) is 1. The van der Waals surface area contributed by atoms with Crippen molar-refractivity contribution in [2.75, 3.05) is 0 Å². The Balaban J connectivity index is 1.51. The zero-order valence-corrected chi connectivity index (χ0v) is 22.5. The van der Waals surface area contributed by atoms with Gasteiger partial charge in [-0.1, -0.05) is 114 Å². The molecule has 7 heteroatoms. The van der Waals surface area contributed by atoms with Crippen LogP contribution in [0.4, 0.5) is 0 Å². The molecule has 0 aliphatic heterocycles. The molecule has 0 unspecified atom stereocenters. The van der Waals surface area contributed by atoms with Gasteiger partial charge in [0.25, 0.3) is 11.8 Å². The highest BCUT2D eigenvalue weighted by Gasteiger charge is 2.19. The summed E-state index contributed by atoms with van der Waals surface area (Å²) in [5.41, 5.74) is 6.72. The summed E-state index contributed by atoms with van der Waals surface area (Å²) in [6.45, 7) is 0. The van der Waals surface area contributed by atoms with E-state index < -0.39 is 11.9 Å². The molecule has 0 bridgehead atoms. The Morgan fingerprint density at radius 3 is 1.92 bits per heavy atom. The minimum absolute atomic E-state index is 0.00909. The number of unbranched alkanes of at least 4 members (excludes halogenated alkanes) is 15. The van der Waals surface area contributed by atoms with Crippen LogP contribution < -0.4 is 10.5 Å². The van der Waals surface area contributed by atoms with Crippen molar-refractivity contribution in [3.63, 3.8) is 0 Å². The molecule has 0 saturated heterocycles. The lowest BCUT2D eigenvalue weighted by Crippen LogP contribution is -2.17. The van der Waals surface area contributed by atoms with Gasteiger partial charge in [-0.3, -0.25) is 4.79 Å². The number of rotatable bonds is 21. The normalized spacial score (nSPS) is 10.9. The SMILES string of the molecule is NC(=O)c1[nH]cnc1OC(=O)c1ccccc1CCCCCCCCCCCCCCCCCC=S. The Hall–Kier alpha value is -2.54. The van der Waals surface area contributed by atoms with Crippen LogP contribution in [0.15, 0.2) is 30.6 Å². The topological polar surface area (TPSA) is 98.1 Å². The second-order valence-corrected chi connectivity index (χ2v) is 9.84. The molecule has 0 aliphatic carbocycles. The standard InChI is InChI=1S/C29H43N3O3S/c30-27(33)26-28(32-23-31-26)35-29(34)25-21-17-16-20-24(25)19-15-13-11-9-7-5-3-1-2-4-6-8-10-12-14-18-22-36/h16-17,20-23H,1-15,18-19H2,(H2,30,33)(H,31,32). The second-order valence-electron chi connectivity index (χ2n) is 9.50. The van der Waals surface area contributed by atoms with Gasteiger partial charge in [0, 0.05) is 0 Å². The monoisotopic (exact) mass is 513 g/mol. The number of carbonyl (C=O) groups is 2. The Labute approximate surface area is 221 Å². The average molecular weight is 514 g/mol. The van der Waals surface area contributed by atoms with Crippen LogP contribution in [-0.2, 0) is 6.42 Å². The van der Waals surface area contributed by atoms with E-state index in [9.17, 15) is 9.59 Å². The van der Waals surface area contributed by atoms with Crippen molar-refractivity contribution in [2.24, 2.45) is 5.73 Å². The zero-order chi connectivity index (χ0) is 25.8. The van der Waals surface area contributed by atoms with E-state index in [0.29, 0.717) is 5.56 Å². The van der Waals surface area contributed by atoms with Crippen molar-refractivity contribution >= 4 is 29.5 Å². The maximum atomic E-state index is 12.7. The minimum atomic E-state index is -0.719. The fourth-order valence-electron chi connectivity index (χ4n) is 4.46. The number of benzene rings is 1. The first kappa shape index (κ1) is 29.7. The van der Waals surface area contributed by atoms with Crippen LogP contribution >= 0.6 is 12.2 Å². The highest BCUT2D eigenvalue weighted by atomic mass is 32.1. The number of esters is 1. The van der Waals surface area contributed by atoms with Crippen molar-refractivity contribution in [1.29, 1.82) is 0 Å². The van der Waals surface area contributed by atoms with Gasteiger partial charge in [0.2, 0.25) is 0 Å². The third-order valence-corrected chi connectivity index (χ3v) is 6.78. The number of amides is 1. The molecule has 0 aliphatic rings. The average Bonchev–Trinajstić information content (AvgIpc) is 3.34. The van der Waals surface area contributed by atoms with Crippen molar-refractivity contribution in [3.05, 3.63) is 47.4 Å². The molecule has 2 aromatic rings. The second kappa shape index (κ2) is 18.7. The van der Waals surface area contributed by atoms with E-state index in [1.807, 2.05) is 23.6 Å². The van der Waals surface area contributed by atoms with Gasteiger partial charge in [-0.25, -0.2) is 9.78 Å². The molecule has 1 heterocycles. The largest absolute Gasteiger partial charge is 0.401 e. The Morgan fingerprint density at radius 2 is 1.36 bits per heavy atom. The van der Waals surface area contributed by atoms with Gasteiger partial charge >= 0.3 is 5.97 Å². The van der Waals surface area contributed by atoms with E-state index >= 15 is 0 Å². The van der Waals surface area contributed by atoms with Crippen LogP contribution in [0.1, 0.15) is 129 Å².